The normalized spacial score (nSPS) is 15.8. The van der Waals surface area contributed by atoms with Crippen LogP contribution in [0.4, 0.5) is 5.82 Å². The maximum Gasteiger partial charge on any atom is 0.127 e. The Morgan fingerprint density at radius 2 is 2.17 bits per heavy atom. The third kappa shape index (κ3) is 1.00. The first kappa shape index (κ1) is 7.65. The first-order chi connectivity index (χ1) is 5.68. The Morgan fingerprint density at radius 1 is 1.42 bits per heavy atom. The van der Waals surface area contributed by atoms with E-state index < -0.39 is 0 Å². The summed E-state index contributed by atoms with van der Waals surface area (Å²) in [5.74, 6) is 1.28. The van der Waals surface area contributed by atoms with Gasteiger partial charge in [-0.25, -0.2) is 4.68 Å². The molecule has 1 aliphatic heterocycles. The highest BCUT2D eigenvalue weighted by Gasteiger charge is 2.21. The van der Waals surface area contributed by atoms with Crippen molar-refractivity contribution in [2.75, 3.05) is 11.4 Å². The predicted molar refractivity (Wildman–Crippen MR) is 49.4 cm³/mol. The van der Waals surface area contributed by atoms with Crippen molar-refractivity contribution in [2.45, 2.75) is 33.4 Å². The van der Waals surface area contributed by atoms with Crippen LogP contribution in [0, 0.1) is 6.92 Å². The van der Waals surface area contributed by atoms with E-state index in [4.69, 9.17) is 0 Å². The van der Waals surface area contributed by atoms with Gasteiger partial charge in [-0.3, -0.25) is 0 Å². The molecule has 3 nitrogen and oxygen atoms in total. The number of anilines is 1. The summed E-state index contributed by atoms with van der Waals surface area (Å²) in [7, 11) is 0. The zero-order valence-corrected chi connectivity index (χ0v) is 7.91. The van der Waals surface area contributed by atoms with Crippen LogP contribution >= 0.6 is 0 Å². The van der Waals surface area contributed by atoms with Gasteiger partial charge in [-0.2, -0.15) is 5.10 Å². The molecular formula is C9H15N3. The minimum Gasteiger partial charge on any atom is -0.353 e. The largest absolute Gasteiger partial charge is 0.353 e. The van der Waals surface area contributed by atoms with Crippen molar-refractivity contribution < 1.29 is 0 Å². The van der Waals surface area contributed by atoms with Crippen LogP contribution in [0.3, 0.4) is 0 Å². The molecule has 12 heavy (non-hydrogen) atoms. The fourth-order valence-corrected chi connectivity index (χ4v) is 1.77. The molecule has 0 aromatic carbocycles. The number of fused-ring (bicyclic) bond motifs is 1. The van der Waals surface area contributed by atoms with Crippen molar-refractivity contribution in [1.82, 2.24) is 9.78 Å². The summed E-state index contributed by atoms with van der Waals surface area (Å²) in [4.78, 5) is 2.39. The summed E-state index contributed by atoms with van der Waals surface area (Å²) in [5, 5.41) is 4.40. The maximum absolute atomic E-state index is 4.40. The van der Waals surface area contributed by atoms with Crippen LogP contribution in [-0.4, -0.2) is 22.4 Å². The summed E-state index contributed by atoms with van der Waals surface area (Å²) in [5.41, 5.74) is 1.12. The molecule has 2 rings (SSSR count). The Kier molecular flexibility index (Phi) is 1.60. The van der Waals surface area contributed by atoms with Crippen molar-refractivity contribution >= 4 is 5.82 Å². The molecule has 1 aromatic rings. The SMILES string of the molecule is Cc1cc2n(n1)CCN2C(C)C. The number of rotatable bonds is 1. The molecule has 0 spiro atoms. The monoisotopic (exact) mass is 165 g/mol. The molecule has 0 bridgehead atoms. The lowest BCUT2D eigenvalue weighted by Gasteiger charge is -2.21. The lowest BCUT2D eigenvalue weighted by molar-refractivity contribution is 0.661. The fraction of sp³-hybridized carbons (Fsp3) is 0.667. The van der Waals surface area contributed by atoms with Gasteiger partial charge in [0.25, 0.3) is 0 Å². The molecule has 0 N–H and O–H groups in total. The molecule has 0 fully saturated rings. The summed E-state index contributed by atoms with van der Waals surface area (Å²) in [6, 6.07) is 2.75. The Balaban J connectivity index is 2.34. The molecule has 0 aliphatic carbocycles. The Morgan fingerprint density at radius 3 is 2.83 bits per heavy atom. The van der Waals surface area contributed by atoms with Gasteiger partial charge in [0.2, 0.25) is 0 Å². The summed E-state index contributed by atoms with van der Waals surface area (Å²) < 4.78 is 2.09. The molecule has 66 valence electrons. The van der Waals surface area contributed by atoms with Crippen LogP contribution in [0.2, 0.25) is 0 Å². The van der Waals surface area contributed by atoms with E-state index in [1.165, 1.54) is 5.82 Å². The Bertz CT molecular complexity index is 288. The van der Waals surface area contributed by atoms with Gasteiger partial charge in [-0.05, 0) is 20.8 Å². The lowest BCUT2D eigenvalue weighted by atomic mass is 10.3. The molecular weight excluding hydrogens is 150 g/mol. The number of hydrogen-bond donors (Lipinski definition) is 0. The molecule has 0 saturated heterocycles. The molecule has 3 heteroatoms. The molecule has 0 radical (unpaired) electrons. The minimum atomic E-state index is 0.586. The van der Waals surface area contributed by atoms with Crippen molar-refractivity contribution in [3.8, 4) is 0 Å². The Hall–Kier alpha value is -0.990. The molecule has 0 atom stereocenters. The van der Waals surface area contributed by atoms with Gasteiger partial charge in [0.05, 0.1) is 12.2 Å². The molecule has 0 unspecified atom stereocenters. The summed E-state index contributed by atoms with van der Waals surface area (Å²) in [6.07, 6.45) is 0. The molecule has 0 saturated carbocycles. The second-order valence-electron chi connectivity index (χ2n) is 3.65. The fourth-order valence-electron chi connectivity index (χ4n) is 1.77. The van der Waals surface area contributed by atoms with Crippen LogP contribution < -0.4 is 4.90 Å². The van der Waals surface area contributed by atoms with E-state index in [9.17, 15) is 0 Å². The first-order valence-electron chi connectivity index (χ1n) is 4.49. The number of nitrogens with zero attached hydrogens (tertiary/aromatic N) is 3. The van der Waals surface area contributed by atoms with Crippen LogP contribution in [0.15, 0.2) is 6.07 Å². The van der Waals surface area contributed by atoms with Crippen LogP contribution in [0.25, 0.3) is 0 Å². The molecule has 2 heterocycles. The van der Waals surface area contributed by atoms with Crippen molar-refractivity contribution in [2.24, 2.45) is 0 Å². The highest BCUT2D eigenvalue weighted by molar-refractivity contribution is 5.44. The number of aryl methyl sites for hydroxylation is 1. The van der Waals surface area contributed by atoms with E-state index >= 15 is 0 Å². The zero-order valence-electron chi connectivity index (χ0n) is 7.91. The minimum absolute atomic E-state index is 0.586. The first-order valence-corrected chi connectivity index (χ1v) is 4.49. The summed E-state index contributed by atoms with van der Waals surface area (Å²) >= 11 is 0. The van der Waals surface area contributed by atoms with Crippen LogP contribution in [0.5, 0.6) is 0 Å². The molecule has 0 amide bonds. The van der Waals surface area contributed by atoms with E-state index in [2.05, 4.69) is 34.6 Å². The van der Waals surface area contributed by atoms with Crippen molar-refractivity contribution in [3.05, 3.63) is 11.8 Å². The van der Waals surface area contributed by atoms with Gasteiger partial charge in [0, 0.05) is 18.7 Å². The second-order valence-corrected chi connectivity index (χ2v) is 3.65. The standard InChI is InChI=1S/C9H15N3/c1-7(2)11-4-5-12-9(11)6-8(3)10-12/h6-7H,4-5H2,1-3H3. The van der Waals surface area contributed by atoms with E-state index in [1.54, 1.807) is 0 Å². The van der Waals surface area contributed by atoms with Crippen molar-refractivity contribution in [1.29, 1.82) is 0 Å². The van der Waals surface area contributed by atoms with E-state index in [-0.39, 0.29) is 0 Å². The topological polar surface area (TPSA) is 21.1 Å². The highest BCUT2D eigenvalue weighted by Crippen LogP contribution is 2.23. The highest BCUT2D eigenvalue weighted by atomic mass is 15.4. The smallest absolute Gasteiger partial charge is 0.127 e. The van der Waals surface area contributed by atoms with Crippen LogP contribution in [-0.2, 0) is 6.54 Å². The van der Waals surface area contributed by atoms with Gasteiger partial charge < -0.3 is 4.90 Å². The van der Waals surface area contributed by atoms with Gasteiger partial charge in [0.1, 0.15) is 5.82 Å². The van der Waals surface area contributed by atoms with Gasteiger partial charge >= 0.3 is 0 Å². The average Bonchev–Trinajstić information content (AvgIpc) is 2.43. The quantitative estimate of drug-likeness (QED) is 0.627. The molecule has 1 aromatic heterocycles. The summed E-state index contributed by atoms with van der Waals surface area (Å²) in [6.45, 7) is 8.64. The van der Waals surface area contributed by atoms with Gasteiger partial charge in [-0.15, -0.1) is 0 Å². The van der Waals surface area contributed by atoms with Crippen molar-refractivity contribution in [3.63, 3.8) is 0 Å². The third-order valence-corrected chi connectivity index (χ3v) is 2.35. The number of aromatic nitrogens is 2. The second kappa shape index (κ2) is 2.51. The van der Waals surface area contributed by atoms with Gasteiger partial charge in [0.15, 0.2) is 0 Å². The Labute approximate surface area is 73.0 Å². The zero-order chi connectivity index (χ0) is 8.72. The third-order valence-electron chi connectivity index (χ3n) is 2.35. The van der Waals surface area contributed by atoms with Crippen LogP contribution in [0.1, 0.15) is 19.5 Å². The average molecular weight is 165 g/mol. The maximum atomic E-state index is 4.40. The van der Waals surface area contributed by atoms with E-state index in [0.717, 1.165) is 18.8 Å². The van der Waals surface area contributed by atoms with E-state index in [1.807, 2.05) is 6.92 Å². The molecule has 1 aliphatic rings. The van der Waals surface area contributed by atoms with Gasteiger partial charge in [-0.1, -0.05) is 0 Å². The number of hydrogen-bond acceptors (Lipinski definition) is 2. The lowest BCUT2D eigenvalue weighted by Crippen LogP contribution is -2.28. The predicted octanol–water partition coefficient (Wildman–Crippen LogP) is 1.42. The van der Waals surface area contributed by atoms with E-state index in [0.29, 0.717) is 6.04 Å².